The number of rotatable bonds is 6. The lowest BCUT2D eigenvalue weighted by molar-refractivity contribution is -0.141. The first kappa shape index (κ1) is 19.7. The molecule has 0 unspecified atom stereocenters. The number of hydrogen-bond acceptors (Lipinski definition) is 5. The average molecular weight is 385 g/mol. The van der Waals surface area contributed by atoms with E-state index < -0.39 is 23.5 Å². The molecule has 1 atom stereocenters. The third kappa shape index (κ3) is 3.52. The molecule has 28 heavy (non-hydrogen) atoms. The standard InChI is InChI=1S/C21H23NO6/c1-5-6-16(20(24)25)22-19(23)8-15-11(3)14-7-13-10(2)12(4)27-17(13)9-18(14)28-21(15)26/h7,9,16H,5-6,8H2,1-4H3,(H,22,23)(H,24,25)/t16-/m0/s1. The highest BCUT2D eigenvalue weighted by atomic mass is 16.4. The number of furan rings is 1. The van der Waals surface area contributed by atoms with E-state index in [2.05, 4.69) is 5.32 Å². The summed E-state index contributed by atoms with van der Waals surface area (Å²) in [5.74, 6) is -0.821. The van der Waals surface area contributed by atoms with Crippen molar-refractivity contribution in [3.05, 3.63) is 45.0 Å². The number of amides is 1. The molecule has 148 valence electrons. The third-order valence-corrected chi connectivity index (χ3v) is 5.13. The predicted octanol–water partition coefficient (Wildman–Crippen LogP) is 3.38. The fourth-order valence-corrected chi connectivity index (χ4v) is 3.38. The summed E-state index contributed by atoms with van der Waals surface area (Å²) in [5.41, 5.74) is 2.29. The first-order valence-corrected chi connectivity index (χ1v) is 9.21. The maximum atomic E-state index is 12.4. The van der Waals surface area contributed by atoms with Crippen molar-refractivity contribution in [3.63, 3.8) is 0 Å². The van der Waals surface area contributed by atoms with Crippen molar-refractivity contribution in [3.8, 4) is 0 Å². The minimum Gasteiger partial charge on any atom is -0.480 e. The number of aryl methyl sites for hydroxylation is 3. The quantitative estimate of drug-likeness (QED) is 0.630. The van der Waals surface area contributed by atoms with Crippen LogP contribution in [0.1, 0.15) is 42.2 Å². The van der Waals surface area contributed by atoms with Gasteiger partial charge in [0.1, 0.15) is 23.0 Å². The highest BCUT2D eigenvalue weighted by molar-refractivity contribution is 5.97. The number of carbonyl (C=O) groups excluding carboxylic acids is 1. The second kappa shape index (κ2) is 7.50. The Balaban J connectivity index is 2.00. The molecule has 0 aliphatic rings. The van der Waals surface area contributed by atoms with Crippen LogP contribution in [0.5, 0.6) is 0 Å². The monoisotopic (exact) mass is 385 g/mol. The van der Waals surface area contributed by atoms with E-state index in [1.165, 1.54) is 0 Å². The largest absolute Gasteiger partial charge is 0.480 e. The molecule has 0 aliphatic carbocycles. The van der Waals surface area contributed by atoms with Crippen LogP contribution in [0.25, 0.3) is 21.9 Å². The molecule has 1 amide bonds. The Kier molecular flexibility index (Phi) is 5.27. The van der Waals surface area contributed by atoms with E-state index in [1.54, 1.807) is 13.0 Å². The van der Waals surface area contributed by atoms with E-state index >= 15 is 0 Å². The molecule has 0 spiro atoms. The summed E-state index contributed by atoms with van der Waals surface area (Å²) < 4.78 is 11.1. The van der Waals surface area contributed by atoms with Gasteiger partial charge in [0.25, 0.3) is 0 Å². The zero-order valence-corrected chi connectivity index (χ0v) is 16.3. The van der Waals surface area contributed by atoms with Crippen molar-refractivity contribution in [1.82, 2.24) is 5.32 Å². The fourth-order valence-electron chi connectivity index (χ4n) is 3.38. The van der Waals surface area contributed by atoms with Gasteiger partial charge in [0, 0.05) is 16.8 Å². The molecule has 3 aromatic rings. The number of carboxylic acids is 1. The third-order valence-electron chi connectivity index (χ3n) is 5.13. The van der Waals surface area contributed by atoms with Crippen molar-refractivity contribution in [2.45, 2.75) is 53.0 Å². The molecule has 2 N–H and O–H groups in total. The number of carboxylic acid groups (broad SMARTS) is 1. The minimum absolute atomic E-state index is 0.225. The Labute approximate surface area is 161 Å². The van der Waals surface area contributed by atoms with Gasteiger partial charge in [-0.15, -0.1) is 0 Å². The molecule has 0 saturated carbocycles. The second-order valence-corrected chi connectivity index (χ2v) is 7.04. The van der Waals surface area contributed by atoms with E-state index in [-0.39, 0.29) is 12.0 Å². The van der Waals surface area contributed by atoms with Crippen LogP contribution in [0.4, 0.5) is 0 Å². The summed E-state index contributed by atoms with van der Waals surface area (Å²) in [4.78, 5) is 36.0. The lowest BCUT2D eigenvalue weighted by Crippen LogP contribution is -2.41. The molecule has 2 heterocycles. The van der Waals surface area contributed by atoms with Gasteiger partial charge in [0.05, 0.1) is 12.0 Å². The molecular formula is C21H23NO6. The molecule has 2 aromatic heterocycles. The number of hydrogen-bond donors (Lipinski definition) is 2. The number of fused-ring (bicyclic) bond motifs is 2. The molecule has 7 heteroatoms. The van der Waals surface area contributed by atoms with Crippen LogP contribution in [-0.4, -0.2) is 23.0 Å². The number of carbonyl (C=O) groups is 2. The number of aliphatic carboxylic acids is 1. The van der Waals surface area contributed by atoms with E-state index in [4.69, 9.17) is 8.83 Å². The van der Waals surface area contributed by atoms with Crippen LogP contribution >= 0.6 is 0 Å². The van der Waals surface area contributed by atoms with Gasteiger partial charge < -0.3 is 19.3 Å². The number of benzene rings is 1. The molecule has 0 bridgehead atoms. The first-order chi connectivity index (χ1) is 13.2. The second-order valence-electron chi connectivity index (χ2n) is 7.04. The van der Waals surface area contributed by atoms with Crippen LogP contribution < -0.4 is 10.9 Å². The molecule has 0 radical (unpaired) electrons. The molecule has 7 nitrogen and oxygen atoms in total. The van der Waals surface area contributed by atoms with Crippen LogP contribution in [0.2, 0.25) is 0 Å². The highest BCUT2D eigenvalue weighted by Gasteiger charge is 2.22. The Morgan fingerprint density at radius 2 is 1.71 bits per heavy atom. The van der Waals surface area contributed by atoms with E-state index in [0.29, 0.717) is 29.6 Å². The molecule has 3 rings (SSSR count). The van der Waals surface area contributed by atoms with Crippen molar-refractivity contribution < 1.29 is 23.5 Å². The van der Waals surface area contributed by atoms with Gasteiger partial charge in [-0.05, 0) is 44.4 Å². The van der Waals surface area contributed by atoms with Crippen molar-refractivity contribution in [1.29, 1.82) is 0 Å². The predicted molar refractivity (Wildman–Crippen MR) is 105 cm³/mol. The van der Waals surface area contributed by atoms with Gasteiger partial charge in [-0.25, -0.2) is 9.59 Å². The normalized spacial score (nSPS) is 12.4. The smallest absolute Gasteiger partial charge is 0.340 e. The Bertz CT molecular complexity index is 1140. The van der Waals surface area contributed by atoms with E-state index in [9.17, 15) is 19.5 Å². The molecule has 0 saturated heterocycles. The summed E-state index contributed by atoms with van der Waals surface area (Å²) in [7, 11) is 0. The Morgan fingerprint density at radius 3 is 2.36 bits per heavy atom. The average Bonchev–Trinajstić information content (AvgIpc) is 2.90. The highest BCUT2D eigenvalue weighted by Crippen LogP contribution is 2.30. The van der Waals surface area contributed by atoms with Crippen LogP contribution in [0.3, 0.4) is 0 Å². The van der Waals surface area contributed by atoms with Gasteiger partial charge in [-0.1, -0.05) is 13.3 Å². The maximum Gasteiger partial charge on any atom is 0.340 e. The summed E-state index contributed by atoms with van der Waals surface area (Å²) in [5, 5.41) is 13.3. The summed E-state index contributed by atoms with van der Waals surface area (Å²) >= 11 is 0. The molecule has 1 aromatic carbocycles. The van der Waals surface area contributed by atoms with Crippen LogP contribution in [-0.2, 0) is 16.0 Å². The van der Waals surface area contributed by atoms with Gasteiger partial charge in [0.15, 0.2) is 0 Å². The zero-order chi connectivity index (χ0) is 20.6. The zero-order valence-electron chi connectivity index (χ0n) is 16.3. The van der Waals surface area contributed by atoms with Crippen LogP contribution in [0, 0.1) is 20.8 Å². The van der Waals surface area contributed by atoms with Crippen molar-refractivity contribution in [2.24, 2.45) is 0 Å². The topological polar surface area (TPSA) is 110 Å². The van der Waals surface area contributed by atoms with Gasteiger partial charge in [-0.2, -0.15) is 0 Å². The maximum absolute atomic E-state index is 12.4. The van der Waals surface area contributed by atoms with Crippen molar-refractivity contribution in [2.75, 3.05) is 0 Å². The molecule has 0 fully saturated rings. The van der Waals surface area contributed by atoms with E-state index in [0.717, 1.165) is 22.1 Å². The summed E-state index contributed by atoms with van der Waals surface area (Å²) in [6, 6.07) is 2.61. The summed E-state index contributed by atoms with van der Waals surface area (Å²) in [6.07, 6.45) is 0.705. The lowest BCUT2D eigenvalue weighted by atomic mass is 10.0. The van der Waals surface area contributed by atoms with Gasteiger partial charge in [-0.3, -0.25) is 4.79 Å². The minimum atomic E-state index is -1.09. The van der Waals surface area contributed by atoms with Gasteiger partial charge in [0.2, 0.25) is 5.91 Å². The van der Waals surface area contributed by atoms with Gasteiger partial charge >= 0.3 is 11.6 Å². The lowest BCUT2D eigenvalue weighted by Gasteiger charge is -2.14. The first-order valence-electron chi connectivity index (χ1n) is 9.21. The number of nitrogens with one attached hydrogen (secondary N) is 1. The molecular weight excluding hydrogens is 362 g/mol. The van der Waals surface area contributed by atoms with Crippen LogP contribution in [0.15, 0.2) is 25.8 Å². The SMILES string of the molecule is CCC[C@H](NC(=O)Cc1c(C)c2cc3c(C)c(C)oc3cc2oc1=O)C(=O)O. The summed E-state index contributed by atoms with van der Waals surface area (Å²) in [6.45, 7) is 7.42. The Morgan fingerprint density at radius 1 is 1.07 bits per heavy atom. The fraction of sp³-hybridized carbons (Fsp3) is 0.381. The van der Waals surface area contributed by atoms with Crippen molar-refractivity contribution >= 4 is 33.8 Å². The Hall–Kier alpha value is -3.09. The molecule has 0 aliphatic heterocycles. The van der Waals surface area contributed by atoms with E-state index in [1.807, 2.05) is 26.8 Å².